The Morgan fingerprint density at radius 2 is 2.60 bits per heavy atom. The van der Waals surface area contributed by atoms with Gasteiger partial charge < -0.3 is 5.11 Å². The van der Waals surface area contributed by atoms with Crippen molar-refractivity contribution in [1.29, 1.82) is 0 Å². The summed E-state index contributed by atoms with van der Waals surface area (Å²) >= 11 is 1.92. The Bertz CT molecular complexity index is 358. The number of aliphatic carboxylic acids is 1. The summed E-state index contributed by atoms with van der Waals surface area (Å²) in [5.41, 5.74) is 0.791. The highest BCUT2D eigenvalue weighted by Crippen LogP contribution is 2.28. The van der Waals surface area contributed by atoms with Gasteiger partial charge in [-0.25, -0.2) is 0 Å². The number of hydrogen-bond acceptors (Lipinski definition) is 3. The maximum Gasteiger partial charge on any atom is 0.310 e. The van der Waals surface area contributed by atoms with Crippen molar-refractivity contribution < 1.29 is 9.90 Å². The zero-order chi connectivity index (χ0) is 10.8. The van der Waals surface area contributed by atoms with Crippen LogP contribution in [0.4, 0.5) is 0 Å². The third kappa shape index (κ3) is 2.17. The van der Waals surface area contributed by atoms with Gasteiger partial charge in [0.1, 0.15) is 0 Å². The van der Waals surface area contributed by atoms with Gasteiger partial charge in [-0.3, -0.25) is 9.48 Å². The Labute approximate surface area is 92.7 Å². The van der Waals surface area contributed by atoms with E-state index in [-0.39, 0.29) is 0 Å². The first-order valence-corrected chi connectivity index (χ1v) is 6.18. The molecule has 15 heavy (non-hydrogen) atoms. The van der Waals surface area contributed by atoms with Crippen molar-refractivity contribution in [2.24, 2.45) is 0 Å². The Morgan fingerprint density at radius 3 is 3.20 bits per heavy atom. The maximum atomic E-state index is 10.8. The molecule has 82 valence electrons. The number of thioether (sulfide) groups is 1. The molecule has 1 saturated heterocycles. The van der Waals surface area contributed by atoms with Crippen LogP contribution in [-0.4, -0.2) is 32.4 Å². The molecule has 0 aromatic carbocycles. The highest BCUT2D eigenvalue weighted by atomic mass is 32.2. The predicted octanol–water partition coefficient (Wildman–Crippen LogP) is 1.75. The number of carbonyl (C=O) groups is 1. The van der Waals surface area contributed by atoms with Gasteiger partial charge in [0, 0.05) is 17.5 Å². The van der Waals surface area contributed by atoms with E-state index in [1.807, 2.05) is 22.6 Å². The fourth-order valence-corrected chi connectivity index (χ4v) is 2.85. The van der Waals surface area contributed by atoms with Crippen LogP contribution in [-0.2, 0) is 4.79 Å². The Balaban J connectivity index is 2.12. The molecule has 0 aliphatic carbocycles. The van der Waals surface area contributed by atoms with Crippen molar-refractivity contribution in [2.45, 2.75) is 25.3 Å². The van der Waals surface area contributed by atoms with Crippen LogP contribution in [0.5, 0.6) is 0 Å². The number of carboxylic acids is 1. The van der Waals surface area contributed by atoms with E-state index in [1.54, 1.807) is 13.1 Å². The molecule has 0 bridgehead atoms. The first kappa shape index (κ1) is 10.5. The fraction of sp³-hybridized carbons (Fsp3) is 0.600. The van der Waals surface area contributed by atoms with Crippen molar-refractivity contribution in [3.63, 3.8) is 0 Å². The monoisotopic (exact) mass is 226 g/mol. The van der Waals surface area contributed by atoms with Crippen LogP contribution in [0.2, 0.25) is 0 Å². The van der Waals surface area contributed by atoms with Crippen LogP contribution in [0.25, 0.3) is 0 Å². The molecule has 2 atom stereocenters. The molecule has 0 radical (unpaired) electrons. The topological polar surface area (TPSA) is 55.1 Å². The van der Waals surface area contributed by atoms with E-state index in [4.69, 9.17) is 5.11 Å². The average molecular weight is 226 g/mol. The van der Waals surface area contributed by atoms with Crippen molar-refractivity contribution >= 4 is 17.7 Å². The molecule has 0 saturated carbocycles. The molecule has 4 nitrogen and oxygen atoms in total. The average Bonchev–Trinajstić information content (AvgIpc) is 2.86. The third-order valence-corrected chi connectivity index (χ3v) is 3.92. The lowest BCUT2D eigenvalue weighted by Crippen LogP contribution is -2.09. The zero-order valence-electron chi connectivity index (χ0n) is 8.59. The lowest BCUT2D eigenvalue weighted by Gasteiger charge is -2.08. The number of hydrogen-bond donors (Lipinski definition) is 1. The molecule has 1 aliphatic rings. The van der Waals surface area contributed by atoms with Crippen molar-refractivity contribution in [3.05, 3.63) is 18.0 Å². The summed E-state index contributed by atoms with van der Waals surface area (Å²) in [6.45, 7) is 1.69. The smallest absolute Gasteiger partial charge is 0.310 e. The van der Waals surface area contributed by atoms with E-state index in [1.165, 1.54) is 5.75 Å². The molecule has 1 fully saturated rings. The normalized spacial score (nSPS) is 22.9. The number of nitrogens with zero attached hydrogens (tertiary/aromatic N) is 2. The highest BCUT2D eigenvalue weighted by molar-refractivity contribution is 7.99. The van der Waals surface area contributed by atoms with Gasteiger partial charge in [0.25, 0.3) is 0 Å². The molecule has 2 unspecified atom stereocenters. The van der Waals surface area contributed by atoms with E-state index in [2.05, 4.69) is 5.10 Å². The minimum Gasteiger partial charge on any atom is -0.481 e. The van der Waals surface area contributed by atoms with Crippen LogP contribution in [0.3, 0.4) is 0 Å². The first-order chi connectivity index (χ1) is 7.18. The van der Waals surface area contributed by atoms with Gasteiger partial charge in [-0.15, -0.1) is 0 Å². The molecule has 0 amide bonds. The summed E-state index contributed by atoms with van der Waals surface area (Å²) < 4.78 is 1.91. The van der Waals surface area contributed by atoms with Gasteiger partial charge in [-0.05, 0) is 19.1 Å². The second-order valence-corrected chi connectivity index (χ2v) is 4.98. The molecular weight excluding hydrogens is 212 g/mol. The predicted molar refractivity (Wildman–Crippen MR) is 59.3 cm³/mol. The number of carboxylic acid groups (broad SMARTS) is 1. The van der Waals surface area contributed by atoms with Crippen LogP contribution >= 0.6 is 11.8 Å². The molecule has 2 heterocycles. The largest absolute Gasteiger partial charge is 0.481 e. The number of aromatic nitrogens is 2. The van der Waals surface area contributed by atoms with Crippen LogP contribution in [0.1, 0.15) is 30.9 Å². The van der Waals surface area contributed by atoms with Crippen LogP contribution < -0.4 is 0 Å². The summed E-state index contributed by atoms with van der Waals surface area (Å²) in [5, 5.41) is 13.1. The van der Waals surface area contributed by atoms with Crippen LogP contribution in [0, 0.1) is 0 Å². The first-order valence-electron chi connectivity index (χ1n) is 5.03. The van der Waals surface area contributed by atoms with E-state index in [0.717, 1.165) is 17.7 Å². The van der Waals surface area contributed by atoms with Gasteiger partial charge in [0.15, 0.2) is 0 Å². The second kappa shape index (κ2) is 4.26. The van der Waals surface area contributed by atoms with Gasteiger partial charge in [0.2, 0.25) is 0 Å². The molecular formula is C10H14N2O2S. The van der Waals surface area contributed by atoms with Crippen molar-refractivity contribution in [2.75, 3.05) is 11.5 Å². The van der Waals surface area contributed by atoms with Crippen molar-refractivity contribution in [1.82, 2.24) is 9.78 Å². The van der Waals surface area contributed by atoms with E-state index >= 15 is 0 Å². The molecule has 1 aromatic heterocycles. The van der Waals surface area contributed by atoms with Gasteiger partial charge in [0.05, 0.1) is 18.2 Å². The SMILES string of the molecule is CC(C(=O)O)c1cnn(C2CCSC2)c1. The van der Waals surface area contributed by atoms with Crippen molar-refractivity contribution in [3.8, 4) is 0 Å². The van der Waals surface area contributed by atoms with Crippen LogP contribution in [0.15, 0.2) is 12.4 Å². The minimum absolute atomic E-state index is 0.449. The molecule has 5 heteroatoms. The molecule has 2 rings (SSSR count). The summed E-state index contributed by atoms with van der Waals surface area (Å²) in [5.74, 6) is 1.000. The van der Waals surface area contributed by atoms with Gasteiger partial charge in [-0.2, -0.15) is 16.9 Å². The van der Waals surface area contributed by atoms with Gasteiger partial charge in [-0.1, -0.05) is 0 Å². The minimum atomic E-state index is -0.796. The summed E-state index contributed by atoms with van der Waals surface area (Å²) in [6, 6.07) is 0.449. The van der Waals surface area contributed by atoms with E-state index in [0.29, 0.717) is 6.04 Å². The Hall–Kier alpha value is -0.970. The standard InChI is InChI=1S/C10H14N2O2S/c1-7(10(13)14)8-4-11-12(5-8)9-2-3-15-6-9/h4-5,7,9H,2-3,6H2,1H3,(H,13,14). The lowest BCUT2D eigenvalue weighted by molar-refractivity contribution is -0.138. The molecule has 0 spiro atoms. The zero-order valence-corrected chi connectivity index (χ0v) is 9.41. The van der Waals surface area contributed by atoms with E-state index in [9.17, 15) is 4.79 Å². The van der Waals surface area contributed by atoms with Gasteiger partial charge >= 0.3 is 5.97 Å². The Morgan fingerprint density at radius 1 is 1.80 bits per heavy atom. The quantitative estimate of drug-likeness (QED) is 0.853. The summed E-state index contributed by atoms with van der Waals surface area (Å²) in [6.07, 6.45) is 4.67. The summed E-state index contributed by atoms with van der Waals surface area (Å²) in [4.78, 5) is 10.8. The third-order valence-electron chi connectivity index (χ3n) is 2.77. The molecule has 1 aliphatic heterocycles. The molecule has 1 N–H and O–H groups in total. The highest BCUT2D eigenvalue weighted by Gasteiger charge is 2.21. The maximum absolute atomic E-state index is 10.8. The van der Waals surface area contributed by atoms with E-state index < -0.39 is 11.9 Å². The summed E-state index contributed by atoms with van der Waals surface area (Å²) in [7, 11) is 0. The second-order valence-electron chi connectivity index (χ2n) is 3.83. The lowest BCUT2D eigenvalue weighted by atomic mass is 10.1. The molecule has 1 aromatic rings. The number of rotatable bonds is 3. The Kier molecular flexibility index (Phi) is 3.00. The fourth-order valence-electron chi connectivity index (χ4n) is 1.65.